The van der Waals surface area contributed by atoms with Crippen molar-refractivity contribution >= 4 is 12.2 Å². The lowest BCUT2D eigenvalue weighted by Gasteiger charge is -2.22. The van der Waals surface area contributed by atoms with Gasteiger partial charge in [-0.2, -0.15) is 0 Å². The lowest BCUT2D eigenvalue weighted by atomic mass is 10.2. The number of ether oxygens (including phenoxy) is 1. The molecule has 2 amide bonds. The molecular formula is C12H26N4O3. The van der Waals surface area contributed by atoms with E-state index in [-0.39, 0.29) is 0 Å². The highest BCUT2D eigenvalue weighted by atomic mass is 16.6. The maximum absolute atomic E-state index is 11.7. The molecule has 0 atom stereocenters. The van der Waals surface area contributed by atoms with Crippen molar-refractivity contribution in [1.29, 1.82) is 0 Å². The lowest BCUT2D eigenvalue weighted by Crippen LogP contribution is -2.46. The summed E-state index contributed by atoms with van der Waals surface area (Å²) in [5, 5.41) is 1.33. The van der Waals surface area contributed by atoms with Crippen LogP contribution in [0.3, 0.4) is 0 Å². The first-order valence-corrected chi connectivity index (χ1v) is 6.89. The summed E-state index contributed by atoms with van der Waals surface area (Å²) in [6.45, 7) is 5.38. The Morgan fingerprint density at radius 1 is 1.11 bits per heavy atom. The average molecular weight is 274 g/mol. The van der Waals surface area contributed by atoms with Crippen LogP contribution in [0.15, 0.2) is 0 Å². The molecule has 0 aromatic heterocycles. The maximum Gasteiger partial charge on any atom is 0.433 e. The lowest BCUT2D eigenvalue weighted by molar-refractivity contribution is 0.0980. The van der Waals surface area contributed by atoms with E-state index in [1.54, 1.807) is 5.43 Å². The molecule has 19 heavy (non-hydrogen) atoms. The zero-order chi connectivity index (χ0) is 14.5. The number of nitrogens with one attached hydrogen (secondary N) is 2. The second-order valence-corrected chi connectivity index (χ2v) is 4.27. The summed E-state index contributed by atoms with van der Waals surface area (Å²) in [5.41, 5.74) is 4.74. The van der Waals surface area contributed by atoms with Crippen molar-refractivity contribution in [3.8, 4) is 0 Å². The molecule has 0 aromatic carbocycles. The van der Waals surface area contributed by atoms with Crippen LogP contribution in [0.5, 0.6) is 0 Å². The fourth-order valence-electron chi connectivity index (χ4n) is 1.51. The van der Waals surface area contributed by atoms with Gasteiger partial charge in [-0.25, -0.2) is 25.9 Å². The van der Waals surface area contributed by atoms with E-state index >= 15 is 0 Å². The third-order valence-corrected chi connectivity index (χ3v) is 2.59. The van der Waals surface area contributed by atoms with Crippen LogP contribution in [-0.2, 0) is 4.74 Å². The van der Waals surface area contributed by atoms with Gasteiger partial charge in [0.2, 0.25) is 0 Å². The topological polar surface area (TPSA) is 96.7 Å². The summed E-state index contributed by atoms with van der Waals surface area (Å²) in [4.78, 5) is 22.6. The van der Waals surface area contributed by atoms with Crippen LogP contribution in [0.1, 0.15) is 52.4 Å². The Labute approximate surface area is 114 Å². The van der Waals surface area contributed by atoms with Gasteiger partial charge in [0.1, 0.15) is 0 Å². The van der Waals surface area contributed by atoms with Gasteiger partial charge in [-0.05, 0) is 12.8 Å². The predicted octanol–water partition coefficient (Wildman–Crippen LogP) is 1.89. The molecule has 0 unspecified atom stereocenters. The maximum atomic E-state index is 11.7. The van der Waals surface area contributed by atoms with Crippen molar-refractivity contribution in [2.45, 2.75) is 52.4 Å². The molecule has 0 aliphatic heterocycles. The molecule has 0 heterocycles. The van der Waals surface area contributed by atoms with Crippen LogP contribution in [-0.4, -0.2) is 30.3 Å². The molecule has 0 bridgehead atoms. The van der Waals surface area contributed by atoms with Gasteiger partial charge >= 0.3 is 12.2 Å². The molecule has 0 radical (unpaired) electrons. The van der Waals surface area contributed by atoms with Gasteiger partial charge in [0.15, 0.2) is 0 Å². The number of hydrazine groups is 2. The smallest absolute Gasteiger partial charge is 0.357 e. The number of nitrogens with zero attached hydrogens (tertiary/aromatic N) is 1. The van der Waals surface area contributed by atoms with E-state index in [1.807, 2.05) is 0 Å². The van der Waals surface area contributed by atoms with Crippen molar-refractivity contribution in [3.05, 3.63) is 0 Å². The summed E-state index contributed by atoms with van der Waals surface area (Å²) >= 11 is 0. The van der Waals surface area contributed by atoms with Crippen molar-refractivity contribution < 1.29 is 14.3 Å². The van der Waals surface area contributed by atoms with E-state index in [0.29, 0.717) is 13.1 Å². The van der Waals surface area contributed by atoms with Gasteiger partial charge in [0, 0.05) is 13.1 Å². The van der Waals surface area contributed by atoms with E-state index in [2.05, 4.69) is 24.0 Å². The molecule has 4 N–H and O–H groups in total. The number of hydrogen-bond acceptors (Lipinski definition) is 5. The van der Waals surface area contributed by atoms with Crippen molar-refractivity contribution in [1.82, 2.24) is 15.9 Å². The fraction of sp³-hybridized carbons (Fsp3) is 0.833. The summed E-state index contributed by atoms with van der Waals surface area (Å²) < 4.78 is 4.50. The summed E-state index contributed by atoms with van der Waals surface area (Å²) in [6, 6.07) is 0. The predicted molar refractivity (Wildman–Crippen MR) is 73.0 cm³/mol. The molecule has 0 fully saturated rings. The van der Waals surface area contributed by atoms with Crippen LogP contribution < -0.4 is 16.7 Å². The summed E-state index contributed by atoms with van der Waals surface area (Å²) in [6.07, 6.45) is 4.42. The summed E-state index contributed by atoms with van der Waals surface area (Å²) in [7, 11) is 0. The molecule has 0 rings (SSSR count). The van der Waals surface area contributed by atoms with Crippen LogP contribution in [0.4, 0.5) is 9.59 Å². The Balaban J connectivity index is 4.14. The number of carbonyl (C=O) groups excluding carboxylic acids is 2. The first kappa shape index (κ1) is 17.7. The van der Waals surface area contributed by atoms with Crippen LogP contribution in [0.25, 0.3) is 0 Å². The number of unbranched alkanes of at least 4 members (excludes halogenated alkanes) is 4. The molecule has 0 aromatic rings. The van der Waals surface area contributed by atoms with Gasteiger partial charge in [0.05, 0.1) is 0 Å². The number of hydrogen-bond donors (Lipinski definition) is 3. The van der Waals surface area contributed by atoms with Gasteiger partial charge in [-0.15, -0.1) is 0 Å². The fourth-order valence-corrected chi connectivity index (χ4v) is 1.51. The second kappa shape index (κ2) is 11.7. The minimum Gasteiger partial charge on any atom is -0.357 e. The molecule has 0 spiro atoms. The Kier molecular flexibility index (Phi) is 10.9. The van der Waals surface area contributed by atoms with Crippen LogP contribution in [0.2, 0.25) is 0 Å². The highest BCUT2D eigenvalue weighted by molar-refractivity contribution is 5.82. The van der Waals surface area contributed by atoms with Gasteiger partial charge in [0.25, 0.3) is 0 Å². The van der Waals surface area contributed by atoms with E-state index in [9.17, 15) is 9.59 Å². The van der Waals surface area contributed by atoms with Crippen LogP contribution in [0, 0.1) is 0 Å². The minimum absolute atomic E-state index is 0.511. The monoisotopic (exact) mass is 274 g/mol. The minimum atomic E-state index is -0.958. The standard InChI is InChI=1S/C12H26N4O3/c1-3-5-7-9-14-16(10-8-6-4-2)12(18)19-11(17)15-13/h14H,3-10,13H2,1-2H3,(H,15,17). The molecule has 0 saturated heterocycles. The second-order valence-electron chi connectivity index (χ2n) is 4.27. The van der Waals surface area contributed by atoms with E-state index in [0.717, 1.165) is 38.5 Å². The summed E-state index contributed by atoms with van der Waals surface area (Å²) in [5.74, 6) is 4.87. The molecule has 0 aliphatic rings. The molecule has 112 valence electrons. The molecule has 7 nitrogen and oxygen atoms in total. The molecular weight excluding hydrogens is 248 g/mol. The third kappa shape index (κ3) is 9.26. The number of amides is 2. The van der Waals surface area contributed by atoms with Gasteiger partial charge in [-0.1, -0.05) is 39.5 Å². The molecule has 0 aliphatic carbocycles. The van der Waals surface area contributed by atoms with E-state index in [4.69, 9.17) is 5.84 Å². The third-order valence-electron chi connectivity index (χ3n) is 2.59. The number of nitrogens with two attached hydrogens (primary N) is 1. The van der Waals surface area contributed by atoms with Crippen molar-refractivity contribution in [2.24, 2.45) is 5.84 Å². The zero-order valence-corrected chi connectivity index (χ0v) is 11.9. The quantitative estimate of drug-likeness (QED) is 0.196. The highest BCUT2D eigenvalue weighted by Gasteiger charge is 2.17. The van der Waals surface area contributed by atoms with Gasteiger partial charge < -0.3 is 4.74 Å². The average Bonchev–Trinajstić information content (AvgIpc) is 2.41. The normalized spacial score (nSPS) is 10.1. The first-order valence-electron chi connectivity index (χ1n) is 6.89. The Hall–Kier alpha value is -1.34. The van der Waals surface area contributed by atoms with Crippen LogP contribution >= 0.6 is 0 Å². The Morgan fingerprint density at radius 3 is 2.32 bits per heavy atom. The highest BCUT2D eigenvalue weighted by Crippen LogP contribution is 2.00. The SMILES string of the molecule is CCCCCNN(CCCCC)C(=O)OC(=O)NN. The largest absolute Gasteiger partial charge is 0.433 e. The van der Waals surface area contributed by atoms with E-state index in [1.165, 1.54) is 5.01 Å². The Bertz CT molecular complexity index is 261. The Morgan fingerprint density at radius 2 is 1.74 bits per heavy atom. The first-order chi connectivity index (χ1) is 9.15. The number of rotatable bonds is 9. The zero-order valence-electron chi connectivity index (χ0n) is 11.9. The number of carbonyl (C=O) groups is 2. The van der Waals surface area contributed by atoms with Gasteiger partial charge in [-0.3, -0.25) is 5.43 Å². The van der Waals surface area contributed by atoms with E-state index < -0.39 is 12.2 Å². The molecule has 7 heteroatoms. The van der Waals surface area contributed by atoms with Crippen molar-refractivity contribution in [3.63, 3.8) is 0 Å². The van der Waals surface area contributed by atoms with Crippen molar-refractivity contribution in [2.75, 3.05) is 13.1 Å². The molecule has 0 saturated carbocycles.